The van der Waals surface area contributed by atoms with Crippen LogP contribution in [0.5, 0.6) is 11.5 Å². The number of fused-ring (bicyclic) bond motifs is 1. The molecule has 0 fully saturated rings. The standard InChI is InChI=1S/C29H34ClN3O8S2/c1-19-16-33(20(2)18-34)29(35)26-15-22(31-42(36,37)24-10-5-21(30)6-11-24)7-14-27(26)41-28(19)17-32(3)43(38,39)25-12-8-23(40-4)9-13-25/h5-15,19-20,28,31,34H,16-18H2,1-4H3/t19-,20-,28-/m0/s1. The minimum Gasteiger partial charge on any atom is -0.497 e. The van der Waals surface area contributed by atoms with Crippen molar-refractivity contribution < 1.29 is 36.2 Å². The van der Waals surface area contributed by atoms with Crippen molar-refractivity contribution >= 4 is 43.2 Å². The van der Waals surface area contributed by atoms with Crippen LogP contribution in [0.1, 0.15) is 24.2 Å². The molecular formula is C29H34ClN3O8S2. The lowest BCUT2D eigenvalue weighted by molar-refractivity contribution is 0.0387. The van der Waals surface area contributed by atoms with Crippen LogP contribution < -0.4 is 14.2 Å². The van der Waals surface area contributed by atoms with Gasteiger partial charge in [-0.1, -0.05) is 18.5 Å². The van der Waals surface area contributed by atoms with E-state index in [0.29, 0.717) is 10.8 Å². The number of likely N-dealkylation sites (N-methyl/N-ethyl adjacent to an activating group) is 1. The van der Waals surface area contributed by atoms with Crippen molar-refractivity contribution in [2.45, 2.75) is 35.8 Å². The Bertz CT molecular complexity index is 1670. The number of nitrogens with one attached hydrogen (secondary N) is 1. The van der Waals surface area contributed by atoms with Gasteiger partial charge in [-0.2, -0.15) is 4.31 Å². The van der Waals surface area contributed by atoms with Crippen molar-refractivity contribution in [2.75, 3.05) is 38.6 Å². The van der Waals surface area contributed by atoms with E-state index in [2.05, 4.69) is 4.72 Å². The third-order valence-electron chi connectivity index (χ3n) is 7.25. The first kappa shape index (κ1) is 32.6. The van der Waals surface area contributed by atoms with E-state index in [4.69, 9.17) is 21.1 Å². The summed E-state index contributed by atoms with van der Waals surface area (Å²) in [5.74, 6) is -0.134. The van der Waals surface area contributed by atoms with E-state index in [9.17, 15) is 26.7 Å². The molecule has 0 spiro atoms. The summed E-state index contributed by atoms with van der Waals surface area (Å²) >= 11 is 5.89. The van der Waals surface area contributed by atoms with Crippen molar-refractivity contribution in [3.63, 3.8) is 0 Å². The molecule has 4 rings (SSSR count). The number of methoxy groups -OCH3 is 1. The van der Waals surface area contributed by atoms with Gasteiger partial charge in [0.2, 0.25) is 10.0 Å². The Hall–Kier alpha value is -3.36. The lowest BCUT2D eigenvalue weighted by Crippen LogP contribution is -2.50. The van der Waals surface area contributed by atoms with Gasteiger partial charge in [-0.05, 0) is 73.7 Å². The maximum Gasteiger partial charge on any atom is 0.261 e. The number of carbonyl (C=O) groups excluding carboxylic acids is 1. The topological polar surface area (TPSA) is 143 Å². The summed E-state index contributed by atoms with van der Waals surface area (Å²) in [7, 11) is -4.96. The van der Waals surface area contributed by atoms with Crippen molar-refractivity contribution in [1.29, 1.82) is 0 Å². The molecular weight excluding hydrogens is 618 g/mol. The van der Waals surface area contributed by atoms with Gasteiger partial charge >= 0.3 is 0 Å². The summed E-state index contributed by atoms with van der Waals surface area (Å²) in [4.78, 5) is 15.3. The van der Waals surface area contributed by atoms with Crippen molar-refractivity contribution in [3.8, 4) is 11.5 Å². The summed E-state index contributed by atoms with van der Waals surface area (Å²) in [6.07, 6.45) is -0.699. The molecule has 0 saturated carbocycles. The molecule has 232 valence electrons. The highest BCUT2D eigenvalue weighted by molar-refractivity contribution is 7.92. The molecule has 3 aromatic carbocycles. The van der Waals surface area contributed by atoms with Gasteiger partial charge in [-0.25, -0.2) is 16.8 Å². The Morgan fingerprint density at radius 1 is 1.07 bits per heavy atom. The Balaban J connectivity index is 1.67. The Kier molecular flexibility index (Phi) is 9.92. The molecule has 0 unspecified atom stereocenters. The van der Waals surface area contributed by atoms with Crippen LogP contribution in [-0.2, 0) is 20.0 Å². The molecule has 1 amide bonds. The molecule has 3 aromatic rings. The highest BCUT2D eigenvalue weighted by atomic mass is 35.5. The number of rotatable bonds is 10. The maximum atomic E-state index is 13.7. The summed E-state index contributed by atoms with van der Waals surface area (Å²) in [5, 5.41) is 10.3. The second kappa shape index (κ2) is 13.1. The minimum absolute atomic E-state index is 0.0169. The smallest absolute Gasteiger partial charge is 0.261 e. The molecule has 11 nitrogen and oxygen atoms in total. The molecule has 0 radical (unpaired) electrons. The molecule has 2 N–H and O–H groups in total. The van der Waals surface area contributed by atoms with Gasteiger partial charge in [0.15, 0.2) is 0 Å². The van der Waals surface area contributed by atoms with E-state index in [1.54, 1.807) is 19.1 Å². The molecule has 0 saturated heterocycles. The van der Waals surface area contributed by atoms with Gasteiger partial charge in [0.1, 0.15) is 17.6 Å². The zero-order valence-electron chi connectivity index (χ0n) is 24.1. The largest absolute Gasteiger partial charge is 0.497 e. The quantitative estimate of drug-likeness (QED) is 0.338. The Morgan fingerprint density at radius 2 is 1.70 bits per heavy atom. The zero-order chi connectivity index (χ0) is 31.5. The molecule has 0 bridgehead atoms. The number of carbonyl (C=O) groups is 1. The van der Waals surface area contributed by atoms with Gasteiger partial charge < -0.3 is 19.5 Å². The highest BCUT2D eigenvalue weighted by Crippen LogP contribution is 2.32. The van der Waals surface area contributed by atoms with Crippen molar-refractivity contribution in [3.05, 3.63) is 77.3 Å². The lowest BCUT2D eigenvalue weighted by Gasteiger charge is -2.38. The van der Waals surface area contributed by atoms with E-state index in [0.717, 1.165) is 0 Å². The summed E-state index contributed by atoms with van der Waals surface area (Å²) in [6, 6.07) is 15.4. The first-order valence-electron chi connectivity index (χ1n) is 13.4. The number of hydrogen-bond donors (Lipinski definition) is 2. The first-order chi connectivity index (χ1) is 20.3. The van der Waals surface area contributed by atoms with Crippen LogP contribution in [0.2, 0.25) is 5.02 Å². The third-order valence-corrected chi connectivity index (χ3v) is 10.7. The Morgan fingerprint density at radius 3 is 2.30 bits per heavy atom. The monoisotopic (exact) mass is 651 g/mol. The number of benzene rings is 3. The first-order valence-corrected chi connectivity index (χ1v) is 16.7. The van der Waals surface area contributed by atoms with Crippen LogP contribution in [0.15, 0.2) is 76.5 Å². The maximum absolute atomic E-state index is 13.7. The van der Waals surface area contributed by atoms with E-state index in [1.165, 1.54) is 78.0 Å². The fourth-order valence-corrected chi connectivity index (χ4v) is 6.97. The van der Waals surface area contributed by atoms with Crippen LogP contribution in [0.25, 0.3) is 0 Å². The van der Waals surface area contributed by atoms with Gasteiger partial charge in [-0.3, -0.25) is 9.52 Å². The number of aliphatic hydroxyl groups is 1. The molecule has 43 heavy (non-hydrogen) atoms. The van der Waals surface area contributed by atoms with E-state index >= 15 is 0 Å². The minimum atomic E-state index is -4.00. The van der Waals surface area contributed by atoms with E-state index < -0.39 is 38.1 Å². The number of hydrogen-bond acceptors (Lipinski definition) is 8. The van der Waals surface area contributed by atoms with Crippen LogP contribution in [-0.4, -0.2) is 83.1 Å². The number of amides is 1. The average molecular weight is 652 g/mol. The number of aliphatic hydroxyl groups excluding tert-OH is 1. The zero-order valence-corrected chi connectivity index (χ0v) is 26.5. The van der Waals surface area contributed by atoms with Gasteiger partial charge in [0.25, 0.3) is 15.9 Å². The second-order valence-electron chi connectivity index (χ2n) is 10.4. The normalized spacial score (nSPS) is 18.3. The van der Waals surface area contributed by atoms with Crippen LogP contribution in [0.4, 0.5) is 5.69 Å². The number of sulfonamides is 2. The number of ether oxygens (including phenoxy) is 2. The van der Waals surface area contributed by atoms with Gasteiger partial charge in [-0.15, -0.1) is 0 Å². The fourth-order valence-electron chi connectivity index (χ4n) is 4.61. The lowest BCUT2D eigenvalue weighted by atomic mass is 9.99. The van der Waals surface area contributed by atoms with Gasteiger partial charge in [0.05, 0.1) is 41.7 Å². The molecule has 1 aliphatic rings. The molecule has 3 atom stereocenters. The molecule has 1 heterocycles. The molecule has 1 aliphatic heterocycles. The predicted molar refractivity (Wildman–Crippen MR) is 163 cm³/mol. The average Bonchev–Trinajstić information content (AvgIpc) is 2.98. The van der Waals surface area contributed by atoms with Crippen LogP contribution in [0.3, 0.4) is 0 Å². The van der Waals surface area contributed by atoms with Crippen molar-refractivity contribution in [1.82, 2.24) is 9.21 Å². The van der Waals surface area contributed by atoms with Crippen molar-refractivity contribution in [2.24, 2.45) is 5.92 Å². The second-order valence-corrected chi connectivity index (χ2v) is 14.5. The number of anilines is 1. The molecule has 0 aromatic heterocycles. The van der Waals surface area contributed by atoms with Crippen LogP contribution >= 0.6 is 11.6 Å². The number of nitrogens with zero attached hydrogens (tertiary/aromatic N) is 2. The fraction of sp³-hybridized carbons (Fsp3) is 0.345. The summed E-state index contributed by atoms with van der Waals surface area (Å²) in [6.45, 7) is 3.32. The third kappa shape index (κ3) is 7.24. The SMILES string of the molecule is COc1ccc(S(=O)(=O)N(C)C[C@@H]2Oc3ccc(NS(=O)(=O)c4ccc(Cl)cc4)cc3C(=O)N([C@@H](C)CO)C[C@@H]2C)cc1. The molecule has 14 heteroatoms. The van der Waals surface area contributed by atoms with E-state index in [1.807, 2.05) is 6.92 Å². The van der Waals surface area contributed by atoms with Crippen LogP contribution in [0, 0.1) is 5.92 Å². The summed E-state index contributed by atoms with van der Waals surface area (Å²) < 4.78 is 67.7. The van der Waals surface area contributed by atoms with E-state index in [-0.39, 0.29) is 52.4 Å². The summed E-state index contributed by atoms with van der Waals surface area (Å²) in [5.41, 5.74) is 0.181. The van der Waals surface area contributed by atoms with Gasteiger partial charge in [0, 0.05) is 30.2 Å². The number of halogens is 1. The molecule has 0 aliphatic carbocycles. The predicted octanol–water partition coefficient (Wildman–Crippen LogP) is 3.69. The highest BCUT2D eigenvalue weighted by Gasteiger charge is 2.35. The Labute approximate surface area is 257 Å².